The molecule has 3 rings (SSSR count). The Bertz CT molecular complexity index is 864. The lowest BCUT2D eigenvalue weighted by molar-refractivity contribution is 0.0786. The zero-order valence-electron chi connectivity index (χ0n) is 14.8. The first kappa shape index (κ1) is 18.6. The van der Waals surface area contributed by atoms with Gasteiger partial charge < -0.3 is 10.6 Å². The van der Waals surface area contributed by atoms with Crippen LogP contribution in [-0.4, -0.2) is 44.6 Å². The molecule has 26 heavy (non-hydrogen) atoms. The number of nitrogens with zero attached hydrogens (tertiary/aromatic N) is 1. The number of hydrogen-bond donors (Lipinski definition) is 1. The van der Waals surface area contributed by atoms with Crippen LogP contribution in [0.3, 0.4) is 0 Å². The van der Waals surface area contributed by atoms with Gasteiger partial charge in [-0.25, -0.2) is 8.42 Å². The topological polar surface area (TPSA) is 80.5 Å². The van der Waals surface area contributed by atoms with Gasteiger partial charge in [0.05, 0.1) is 10.6 Å². The van der Waals surface area contributed by atoms with Crippen molar-refractivity contribution in [3.05, 3.63) is 65.7 Å². The molecule has 0 saturated carbocycles. The molecular formula is C20H24N2O3S. The Labute approximate surface area is 154 Å². The van der Waals surface area contributed by atoms with Gasteiger partial charge in [0.25, 0.3) is 5.91 Å². The molecule has 2 N–H and O–H groups in total. The summed E-state index contributed by atoms with van der Waals surface area (Å²) in [5, 5.41) is 0. The molecule has 0 aliphatic carbocycles. The van der Waals surface area contributed by atoms with Crippen molar-refractivity contribution in [2.75, 3.05) is 25.4 Å². The normalized spacial score (nSPS) is 20.3. The minimum absolute atomic E-state index is 0.0450. The highest BCUT2D eigenvalue weighted by atomic mass is 32.2. The van der Waals surface area contributed by atoms with Gasteiger partial charge in [0.2, 0.25) is 0 Å². The average molecular weight is 372 g/mol. The minimum atomic E-state index is -3.26. The standard InChI is InChI=1S/C20H24N2O3S/c1-2-26(24,25)18-10-8-16(9-11-18)20(23)22-13-17(12-21)19(14-22)15-6-4-3-5-7-15/h3-11,17,19H,2,12-14,21H2,1H3/t17-,19+/m1/s1. The van der Waals surface area contributed by atoms with Crippen molar-refractivity contribution in [1.29, 1.82) is 0 Å². The third-order valence-electron chi connectivity index (χ3n) is 5.10. The Balaban J connectivity index is 1.78. The lowest BCUT2D eigenvalue weighted by atomic mass is 9.89. The summed E-state index contributed by atoms with van der Waals surface area (Å²) in [5.74, 6) is 0.414. The summed E-state index contributed by atoms with van der Waals surface area (Å²) in [6, 6.07) is 16.3. The van der Waals surface area contributed by atoms with Crippen molar-refractivity contribution in [3.8, 4) is 0 Å². The maximum atomic E-state index is 12.9. The van der Waals surface area contributed by atoms with E-state index in [0.29, 0.717) is 25.2 Å². The first-order valence-electron chi connectivity index (χ1n) is 8.83. The predicted octanol–water partition coefficient (Wildman–Crippen LogP) is 2.29. The number of benzene rings is 2. The van der Waals surface area contributed by atoms with Gasteiger partial charge in [-0.3, -0.25) is 4.79 Å². The van der Waals surface area contributed by atoms with E-state index < -0.39 is 9.84 Å². The Morgan fingerprint density at radius 3 is 2.31 bits per heavy atom. The van der Waals surface area contributed by atoms with E-state index in [1.54, 1.807) is 19.1 Å². The number of amides is 1. The molecule has 0 unspecified atom stereocenters. The van der Waals surface area contributed by atoms with Crippen molar-refractivity contribution < 1.29 is 13.2 Å². The van der Waals surface area contributed by atoms with Crippen LogP contribution in [0.1, 0.15) is 28.8 Å². The highest BCUT2D eigenvalue weighted by Crippen LogP contribution is 2.32. The Hall–Kier alpha value is -2.18. The van der Waals surface area contributed by atoms with E-state index >= 15 is 0 Å². The zero-order valence-corrected chi connectivity index (χ0v) is 15.7. The second-order valence-corrected chi connectivity index (χ2v) is 8.93. The second kappa shape index (κ2) is 7.60. The molecule has 0 aromatic heterocycles. The molecule has 5 nitrogen and oxygen atoms in total. The van der Waals surface area contributed by atoms with E-state index in [4.69, 9.17) is 5.73 Å². The molecule has 2 aromatic rings. The largest absolute Gasteiger partial charge is 0.338 e. The van der Waals surface area contributed by atoms with E-state index in [-0.39, 0.29) is 28.4 Å². The fourth-order valence-corrected chi connectivity index (χ4v) is 4.39. The van der Waals surface area contributed by atoms with Crippen LogP contribution in [0.5, 0.6) is 0 Å². The maximum absolute atomic E-state index is 12.9. The molecule has 0 spiro atoms. The summed E-state index contributed by atoms with van der Waals surface area (Å²) < 4.78 is 23.8. The molecule has 2 atom stereocenters. The van der Waals surface area contributed by atoms with Crippen LogP contribution in [0.15, 0.2) is 59.5 Å². The summed E-state index contributed by atoms with van der Waals surface area (Å²) in [5.41, 5.74) is 7.64. The summed E-state index contributed by atoms with van der Waals surface area (Å²) in [4.78, 5) is 14.9. The van der Waals surface area contributed by atoms with Crippen LogP contribution >= 0.6 is 0 Å². The van der Waals surface area contributed by atoms with Gasteiger partial charge in [-0.15, -0.1) is 0 Å². The number of carbonyl (C=O) groups excluding carboxylic acids is 1. The predicted molar refractivity (Wildman–Crippen MR) is 102 cm³/mol. The number of likely N-dealkylation sites (tertiary alicyclic amines) is 1. The van der Waals surface area contributed by atoms with E-state index in [1.807, 2.05) is 23.1 Å². The number of nitrogens with two attached hydrogens (primary N) is 1. The monoisotopic (exact) mass is 372 g/mol. The van der Waals surface area contributed by atoms with E-state index in [9.17, 15) is 13.2 Å². The van der Waals surface area contributed by atoms with Crippen molar-refractivity contribution in [2.45, 2.75) is 17.7 Å². The van der Waals surface area contributed by atoms with Crippen LogP contribution in [-0.2, 0) is 9.84 Å². The number of sulfone groups is 1. The first-order chi connectivity index (χ1) is 12.5. The molecule has 0 radical (unpaired) electrons. The summed E-state index contributed by atoms with van der Waals surface area (Å²) in [6.45, 7) is 3.37. The first-order valence-corrected chi connectivity index (χ1v) is 10.5. The van der Waals surface area contributed by atoms with Gasteiger partial charge in [0.1, 0.15) is 0 Å². The maximum Gasteiger partial charge on any atom is 0.253 e. The third-order valence-corrected chi connectivity index (χ3v) is 6.85. The van der Waals surface area contributed by atoms with Gasteiger partial charge >= 0.3 is 0 Å². The zero-order chi connectivity index (χ0) is 18.7. The van der Waals surface area contributed by atoms with Crippen molar-refractivity contribution in [2.24, 2.45) is 11.7 Å². The molecule has 1 fully saturated rings. The van der Waals surface area contributed by atoms with Gasteiger partial charge in [-0.2, -0.15) is 0 Å². The van der Waals surface area contributed by atoms with Crippen LogP contribution in [0.25, 0.3) is 0 Å². The molecule has 138 valence electrons. The molecule has 2 aromatic carbocycles. The molecule has 1 aliphatic heterocycles. The van der Waals surface area contributed by atoms with Crippen LogP contribution in [0, 0.1) is 5.92 Å². The average Bonchev–Trinajstić information content (AvgIpc) is 3.12. The fourth-order valence-electron chi connectivity index (χ4n) is 3.51. The van der Waals surface area contributed by atoms with Crippen LogP contribution in [0.2, 0.25) is 0 Å². The summed E-state index contributed by atoms with van der Waals surface area (Å²) in [7, 11) is -3.26. The summed E-state index contributed by atoms with van der Waals surface area (Å²) in [6.07, 6.45) is 0. The molecule has 1 aliphatic rings. The molecule has 0 bridgehead atoms. The number of carbonyl (C=O) groups is 1. The summed E-state index contributed by atoms with van der Waals surface area (Å²) >= 11 is 0. The lowest BCUT2D eigenvalue weighted by Crippen LogP contribution is -2.29. The Kier molecular flexibility index (Phi) is 5.44. The van der Waals surface area contributed by atoms with Gasteiger partial charge in [0.15, 0.2) is 9.84 Å². The fraction of sp³-hybridized carbons (Fsp3) is 0.350. The highest BCUT2D eigenvalue weighted by Gasteiger charge is 2.35. The van der Waals surface area contributed by atoms with Gasteiger partial charge in [0, 0.05) is 24.6 Å². The third kappa shape index (κ3) is 3.66. The highest BCUT2D eigenvalue weighted by molar-refractivity contribution is 7.91. The van der Waals surface area contributed by atoms with Crippen molar-refractivity contribution in [3.63, 3.8) is 0 Å². The van der Waals surface area contributed by atoms with Crippen molar-refractivity contribution in [1.82, 2.24) is 4.90 Å². The lowest BCUT2D eigenvalue weighted by Gasteiger charge is -2.17. The van der Waals surface area contributed by atoms with E-state index in [1.165, 1.54) is 17.7 Å². The number of hydrogen-bond acceptors (Lipinski definition) is 4. The minimum Gasteiger partial charge on any atom is -0.338 e. The van der Waals surface area contributed by atoms with Crippen LogP contribution < -0.4 is 5.73 Å². The molecule has 6 heteroatoms. The van der Waals surface area contributed by atoms with Crippen LogP contribution in [0.4, 0.5) is 0 Å². The molecule has 1 saturated heterocycles. The van der Waals surface area contributed by atoms with E-state index in [0.717, 1.165) is 0 Å². The molecule has 1 amide bonds. The smallest absolute Gasteiger partial charge is 0.253 e. The SMILES string of the molecule is CCS(=O)(=O)c1ccc(C(=O)N2C[C@@H](CN)[C@H](c3ccccc3)C2)cc1. The van der Waals surface area contributed by atoms with Gasteiger partial charge in [-0.1, -0.05) is 37.3 Å². The molecule has 1 heterocycles. The Morgan fingerprint density at radius 2 is 1.73 bits per heavy atom. The number of rotatable bonds is 5. The molecular weight excluding hydrogens is 348 g/mol. The second-order valence-electron chi connectivity index (χ2n) is 6.65. The quantitative estimate of drug-likeness (QED) is 0.873. The van der Waals surface area contributed by atoms with Gasteiger partial charge in [-0.05, 0) is 42.3 Å². The van der Waals surface area contributed by atoms with Crippen molar-refractivity contribution >= 4 is 15.7 Å². The van der Waals surface area contributed by atoms with E-state index in [2.05, 4.69) is 12.1 Å². The Morgan fingerprint density at radius 1 is 1.08 bits per heavy atom.